The SMILES string of the molecule is CCc1cc(CC)n(-c2cc(Br)ccc2CCl)n1. The number of hydrogen-bond acceptors (Lipinski definition) is 1. The highest BCUT2D eigenvalue weighted by atomic mass is 79.9. The molecule has 0 atom stereocenters. The fourth-order valence-electron chi connectivity index (χ4n) is 1.96. The van der Waals surface area contributed by atoms with E-state index in [0.29, 0.717) is 5.88 Å². The predicted molar refractivity (Wildman–Crippen MR) is 79.6 cm³/mol. The molecule has 0 spiro atoms. The molecule has 0 bridgehead atoms. The molecule has 0 aliphatic heterocycles. The molecule has 18 heavy (non-hydrogen) atoms. The van der Waals surface area contributed by atoms with Crippen LogP contribution in [0.5, 0.6) is 0 Å². The minimum Gasteiger partial charge on any atom is -0.237 e. The molecule has 4 heteroatoms. The zero-order valence-corrected chi connectivity index (χ0v) is 12.9. The molecule has 1 aromatic carbocycles. The monoisotopic (exact) mass is 326 g/mol. The molecule has 2 nitrogen and oxygen atoms in total. The second-order valence-electron chi connectivity index (χ2n) is 4.15. The summed E-state index contributed by atoms with van der Waals surface area (Å²) < 4.78 is 3.06. The van der Waals surface area contributed by atoms with Gasteiger partial charge in [0, 0.05) is 16.0 Å². The first-order valence-corrected chi connectivity index (χ1v) is 7.44. The Morgan fingerprint density at radius 2 is 2.00 bits per heavy atom. The third-order valence-corrected chi connectivity index (χ3v) is 3.76. The van der Waals surface area contributed by atoms with Crippen LogP contribution in [-0.4, -0.2) is 9.78 Å². The average Bonchev–Trinajstić information content (AvgIpc) is 2.81. The van der Waals surface area contributed by atoms with Crippen LogP contribution in [0.1, 0.15) is 30.8 Å². The third kappa shape index (κ3) is 2.62. The average molecular weight is 328 g/mol. The molecular weight excluding hydrogens is 312 g/mol. The summed E-state index contributed by atoms with van der Waals surface area (Å²) in [6.45, 7) is 4.26. The van der Waals surface area contributed by atoms with Gasteiger partial charge in [-0.15, -0.1) is 11.6 Å². The third-order valence-electron chi connectivity index (χ3n) is 2.98. The van der Waals surface area contributed by atoms with Crippen molar-refractivity contribution in [1.29, 1.82) is 0 Å². The number of hydrogen-bond donors (Lipinski definition) is 0. The topological polar surface area (TPSA) is 17.8 Å². The van der Waals surface area contributed by atoms with Gasteiger partial charge in [0.25, 0.3) is 0 Å². The molecule has 1 aromatic heterocycles. The van der Waals surface area contributed by atoms with Crippen LogP contribution in [0.25, 0.3) is 5.69 Å². The summed E-state index contributed by atoms with van der Waals surface area (Å²) in [6, 6.07) is 8.29. The summed E-state index contributed by atoms with van der Waals surface area (Å²) >= 11 is 9.52. The minimum atomic E-state index is 0.493. The van der Waals surface area contributed by atoms with Crippen molar-refractivity contribution >= 4 is 27.5 Å². The van der Waals surface area contributed by atoms with Gasteiger partial charge in [0.05, 0.1) is 11.4 Å². The van der Waals surface area contributed by atoms with Crippen LogP contribution in [0.15, 0.2) is 28.7 Å². The Balaban J connectivity index is 2.59. The van der Waals surface area contributed by atoms with Gasteiger partial charge in [0.1, 0.15) is 0 Å². The lowest BCUT2D eigenvalue weighted by atomic mass is 10.2. The number of benzene rings is 1. The maximum Gasteiger partial charge on any atom is 0.0704 e. The van der Waals surface area contributed by atoms with Gasteiger partial charge in [-0.2, -0.15) is 5.10 Å². The van der Waals surface area contributed by atoms with Crippen LogP contribution in [-0.2, 0) is 18.7 Å². The minimum absolute atomic E-state index is 0.493. The van der Waals surface area contributed by atoms with Crippen molar-refractivity contribution in [2.24, 2.45) is 0 Å². The van der Waals surface area contributed by atoms with Crippen LogP contribution < -0.4 is 0 Å². The largest absolute Gasteiger partial charge is 0.237 e. The molecule has 0 fully saturated rings. The molecule has 2 rings (SSSR count). The summed E-state index contributed by atoms with van der Waals surface area (Å²) in [6.07, 6.45) is 1.91. The summed E-state index contributed by atoms with van der Waals surface area (Å²) in [5, 5.41) is 4.66. The van der Waals surface area contributed by atoms with Crippen LogP contribution in [0.4, 0.5) is 0 Å². The highest BCUT2D eigenvalue weighted by molar-refractivity contribution is 9.10. The first kappa shape index (κ1) is 13.6. The highest BCUT2D eigenvalue weighted by Gasteiger charge is 2.11. The number of halogens is 2. The van der Waals surface area contributed by atoms with Gasteiger partial charge < -0.3 is 0 Å². The van der Waals surface area contributed by atoms with Gasteiger partial charge in [-0.25, -0.2) is 4.68 Å². The number of rotatable bonds is 4. The van der Waals surface area contributed by atoms with Crippen molar-refractivity contribution in [3.8, 4) is 5.69 Å². The fraction of sp³-hybridized carbons (Fsp3) is 0.357. The number of aromatic nitrogens is 2. The van der Waals surface area contributed by atoms with Gasteiger partial charge in [-0.05, 0) is 36.6 Å². The lowest BCUT2D eigenvalue weighted by molar-refractivity contribution is 0.788. The van der Waals surface area contributed by atoms with Crippen molar-refractivity contribution < 1.29 is 0 Å². The summed E-state index contributed by atoms with van der Waals surface area (Å²) in [4.78, 5) is 0. The quantitative estimate of drug-likeness (QED) is 0.756. The summed E-state index contributed by atoms with van der Waals surface area (Å²) in [5.74, 6) is 0.493. The van der Waals surface area contributed by atoms with E-state index in [1.807, 2.05) is 16.8 Å². The van der Waals surface area contributed by atoms with E-state index >= 15 is 0 Å². The van der Waals surface area contributed by atoms with E-state index in [2.05, 4.69) is 47.0 Å². The van der Waals surface area contributed by atoms with E-state index in [0.717, 1.165) is 34.3 Å². The zero-order valence-electron chi connectivity index (χ0n) is 10.6. The van der Waals surface area contributed by atoms with Crippen molar-refractivity contribution in [2.45, 2.75) is 32.6 Å². The van der Waals surface area contributed by atoms with Crippen LogP contribution in [0.3, 0.4) is 0 Å². The van der Waals surface area contributed by atoms with E-state index in [-0.39, 0.29) is 0 Å². The second kappa shape index (κ2) is 5.89. The molecule has 0 aliphatic carbocycles. The maximum absolute atomic E-state index is 6.01. The first-order chi connectivity index (χ1) is 8.69. The summed E-state index contributed by atoms with van der Waals surface area (Å²) in [5.41, 5.74) is 4.50. The van der Waals surface area contributed by atoms with Gasteiger partial charge in [-0.1, -0.05) is 35.8 Å². The van der Waals surface area contributed by atoms with Crippen LogP contribution in [0.2, 0.25) is 0 Å². The Kier molecular flexibility index (Phi) is 4.46. The molecule has 0 radical (unpaired) electrons. The predicted octanol–water partition coefficient (Wildman–Crippen LogP) is 4.50. The van der Waals surface area contributed by atoms with E-state index in [4.69, 9.17) is 11.6 Å². The van der Waals surface area contributed by atoms with E-state index < -0.39 is 0 Å². The first-order valence-electron chi connectivity index (χ1n) is 6.12. The molecule has 96 valence electrons. The highest BCUT2D eigenvalue weighted by Crippen LogP contribution is 2.23. The lowest BCUT2D eigenvalue weighted by Crippen LogP contribution is -2.04. The Morgan fingerprint density at radius 1 is 1.22 bits per heavy atom. The molecule has 1 heterocycles. The van der Waals surface area contributed by atoms with E-state index in [1.54, 1.807) is 0 Å². The van der Waals surface area contributed by atoms with Gasteiger partial charge in [0.15, 0.2) is 0 Å². The Hall–Kier alpha value is -0.800. The second-order valence-corrected chi connectivity index (χ2v) is 5.34. The molecule has 0 aliphatic rings. The normalized spacial score (nSPS) is 10.9. The van der Waals surface area contributed by atoms with Gasteiger partial charge >= 0.3 is 0 Å². The maximum atomic E-state index is 6.01. The molecule has 0 amide bonds. The molecule has 0 saturated heterocycles. The standard InChI is InChI=1S/C14H16BrClN2/c1-3-12-8-13(4-2)18(17-12)14-7-11(15)6-5-10(14)9-16/h5-8H,3-4,9H2,1-2H3. The van der Waals surface area contributed by atoms with Gasteiger partial charge in [0.2, 0.25) is 0 Å². The molecule has 2 aromatic rings. The van der Waals surface area contributed by atoms with E-state index in [9.17, 15) is 0 Å². The summed E-state index contributed by atoms with van der Waals surface area (Å²) in [7, 11) is 0. The fourth-order valence-corrected chi connectivity index (χ4v) is 2.53. The van der Waals surface area contributed by atoms with Gasteiger partial charge in [-0.3, -0.25) is 0 Å². The smallest absolute Gasteiger partial charge is 0.0704 e. The van der Waals surface area contributed by atoms with Crippen molar-refractivity contribution in [1.82, 2.24) is 9.78 Å². The Morgan fingerprint density at radius 3 is 2.61 bits per heavy atom. The number of aryl methyl sites for hydroxylation is 2. The molecule has 0 saturated carbocycles. The van der Waals surface area contributed by atoms with Crippen LogP contribution in [0, 0.1) is 0 Å². The number of alkyl halides is 1. The van der Waals surface area contributed by atoms with Crippen molar-refractivity contribution in [3.63, 3.8) is 0 Å². The van der Waals surface area contributed by atoms with Crippen molar-refractivity contribution in [3.05, 3.63) is 45.7 Å². The molecule has 0 N–H and O–H groups in total. The number of nitrogens with zero attached hydrogens (tertiary/aromatic N) is 2. The Labute approximate surface area is 121 Å². The molecular formula is C14H16BrClN2. The molecule has 0 unspecified atom stereocenters. The Bertz CT molecular complexity index is 549. The van der Waals surface area contributed by atoms with E-state index in [1.165, 1.54) is 5.69 Å². The van der Waals surface area contributed by atoms with Crippen LogP contribution >= 0.6 is 27.5 Å². The zero-order chi connectivity index (χ0) is 13.1. The van der Waals surface area contributed by atoms with Crippen molar-refractivity contribution in [2.75, 3.05) is 0 Å². The lowest BCUT2D eigenvalue weighted by Gasteiger charge is -2.11.